The fourth-order valence-electron chi connectivity index (χ4n) is 0.657. The molecule has 2 atom stereocenters. The summed E-state index contributed by atoms with van der Waals surface area (Å²) in [5.41, 5.74) is 0. The Morgan fingerprint density at radius 1 is 1.89 bits per heavy atom. The summed E-state index contributed by atoms with van der Waals surface area (Å²) in [5, 5.41) is 0. The molecule has 1 aliphatic rings. The molecule has 1 aliphatic carbocycles. The van der Waals surface area contributed by atoms with Gasteiger partial charge in [-0.2, -0.15) is 0 Å². The Bertz CT molecular complexity index is 124. The number of carbonyl (C=O) groups is 1. The normalized spacial score (nSPS) is 31.8. The van der Waals surface area contributed by atoms with E-state index in [0.29, 0.717) is 10.5 Å². The predicted octanol–water partition coefficient (Wildman–Crippen LogP) is 1.37. The zero-order valence-corrected chi connectivity index (χ0v) is 7.42. The average Bonchev–Trinajstić information content (AvgIpc) is 2.47. The summed E-state index contributed by atoms with van der Waals surface area (Å²) in [6.07, 6.45) is 1.01. The number of halogens is 1. The second-order valence-electron chi connectivity index (χ2n) is 2.11. The number of hydrogen-bond donors (Lipinski definition) is 0. The van der Waals surface area contributed by atoms with Gasteiger partial charge in [-0.15, -0.1) is 0 Å². The third-order valence-corrected chi connectivity index (χ3v) is 2.68. The van der Waals surface area contributed by atoms with Gasteiger partial charge >= 0.3 is 5.97 Å². The molecule has 0 saturated heterocycles. The summed E-state index contributed by atoms with van der Waals surface area (Å²) in [7, 11) is 0. The van der Waals surface area contributed by atoms with E-state index in [2.05, 4.69) is 22.6 Å². The van der Waals surface area contributed by atoms with Crippen LogP contribution < -0.4 is 0 Å². The molecule has 0 heterocycles. The number of hydrogen-bond acceptors (Lipinski definition) is 2. The Balaban J connectivity index is 2.20. The maximum absolute atomic E-state index is 10.8. The van der Waals surface area contributed by atoms with Gasteiger partial charge in [0.15, 0.2) is 0 Å². The van der Waals surface area contributed by atoms with Crippen molar-refractivity contribution in [2.45, 2.75) is 17.3 Å². The highest BCUT2D eigenvalue weighted by atomic mass is 127. The third-order valence-electron chi connectivity index (χ3n) is 1.30. The Morgan fingerprint density at radius 3 is 2.78 bits per heavy atom. The molecule has 0 N–H and O–H groups in total. The van der Waals surface area contributed by atoms with Crippen molar-refractivity contribution in [1.29, 1.82) is 0 Å². The standard InChI is InChI=1S/C6H9IO2/c1-2-9-6(8)4-3-5(4)7/h4-5H,2-3H2,1H3/t4?,5-/m1/s1. The van der Waals surface area contributed by atoms with Gasteiger partial charge in [0.05, 0.1) is 12.5 Å². The van der Waals surface area contributed by atoms with Crippen LogP contribution in [0.25, 0.3) is 0 Å². The summed E-state index contributed by atoms with van der Waals surface area (Å²) in [6, 6.07) is 0. The first-order valence-corrected chi connectivity index (χ1v) is 4.31. The molecule has 52 valence electrons. The summed E-state index contributed by atoms with van der Waals surface area (Å²) in [4.78, 5) is 10.8. The highest BCUT2D eigenvalue weighted by Crippen LogP contribution is 2.38. The van der Waals surface area contributed by atoms with Crippen LogP contribution in [-0.4, -0.2) is 16.5 Å². The van der Waals surface area contributed by atoms with Crippen LogP contribution in [0.4, 0.5) is 0 Å². The van der Waals surface area contributed by atoms with E-state index in [1.54, 1.807) is 0 Å². The molecule has 0 aliphatic heterocycles. The highest BCUT2D eigenvalue weighted by molar-refractivity contribution is 14.1. The lowest BCUT2D eigenvalue weighted by Crippen LogP contribution is -2.06. The predicted molar refractivity (Wildman–Crippen MR) is 42.5 cm³/mol. The summed E-state index contributed by atoms with van der Waals surface area (Å²) < 4.78 is 5.34. The number of ether oxygens (including phenoxy) is 1. The van der Waals surface area contributed by atoms with Crippen molar-refractivity contribution >= 4 is 28.6 Å². The molecule has 0 aromatic carbocycles. The summed E-state index contributed by atoms with van der Waals surface area (Å²) >= 11 is 2.27. The van der Waals surface area contributed by atoms with Gasteiger partial charge in [-0.1, -0.05) is 22.6 Å². The molecule has 0 bridgehead atoms. The van der Waals surface area contributed by atoms with Gasteiger partial charge in [-0.05, 0) is 13.3 Å². The summed E-state index contributed by atoms with van der Waals surface area (Å²) in [6.45, 7) is 2.35. The van der Waals surface area contributed by atoms with Gasteiger partial charge in [0.2, 0.25) is 0 Å². The number of alkyl halides is 1. The lowest BCUT2D eigenvalue weighted by molar-refractivity contribution is -0.144. The van der Waals surface area contributed by atoms with Gasteiger partial charge in [-0.3, -0.25) is 4.79 Å². The van der Waals surface area contributed by atoms with Crippen molar-refractivity contribution in [2.24, 2.45) is 5.92 Å². The second-order valence-corrected chi connectivity index (χ2v) is 3.71. The minimum atomic E-state index is -0.0168. The average molecular weight is 240 g/mol. The zero-order chi connectivity index (χ0) is 6.85. The lowest BCUT2D eigenvalue weighted by Gasteiger charge is -1.96. The van der Waals surface area contributed by atoms with Crippen LogP contribution in [0.1, 0.15) is 13.3 Å². The minimum absolute atomic E-state index is 0.0168. The van der Waals surface area contributed by atoms with Crippen molar-refractivity contribution in [2.75, 3.05) is 6.61 Å². The van der Waals surface area contributed by atoms with Crippen LogP contribution in [0.15, 0.2) is 0 Å². The van der Waals surface area contributed by atoms with Gasteiger partial charge in [-0.25, -0.2) is 0 Å². The SMILES string of the molecule is CCOC(=O)C1C[C@H]1I. The smallest absolute Gasteiger partial charge is 0.310 e. The first-order chi connectivity index (χ1) is 4.25. The topological polar surface area (TPSA) is 26.3 Å². The minimum Gasteiger partial charge on any atom is -0.466 e. The van der Waals surface area contributed by atoms with Gasteiger partial charge in [0.1, 0.15) is 0 Å². The fraction of sp³-hybridized carbons (Fsp3) is 0.833. The molecule has 1 unspecified atom stereocenters. The van der Waals surface area contributed by atoms with E-state index >= 15 is 0 Å². The number of rotatable bonds is 2. The second kappa shape index (κ2) is 2.86. The molecule has 0 radical (unpaired) electrons. The lowest BCUT2D eigenvalue weighted by atomic mass is 10.4. The molecule has 0 amide bonds. The van der Waals surface area contributed by atoms with E-state index in [9.17, 15) is 4.79 Å². The van der Waals surface area contributed by atoms with Crippen LogP contribution in [0.3, 0.4) is 0 Å². The van der Waals surface area contributed by atoms with Crippen molar-refractivity contribution in [1.82, 2.24) is 0 Å². The van der Waals surface area contributed by atoms with Crippen LogP contribution in [0.2, 0.25) is 0 Å². The molecule has 9 heavy (non-hydrogen) atoms. The Labute approximate surface area is 68.1 Å². The molecular formula is C6H9IO2. The zero-order valence-electron chi connectivity index (χ0n) is 5.26. The Kier molecular flexibility index (Phi) is 2.32. The van der Waals surface area contributed by atoms with E-state index in [4.69, 9.17) is 4.74 Å². The number of esters is 1. The first-order valence-electron chi connectivity index (χ1n) is 3.06. The summed E-state index contributed by atoms with van der Waals surface area (Å²) in [5.74, 6) is 0.197. The van der Waals surface area contributed by atoms with Crippen molar-refractivity contribution in [3.05, 3.63) is 0 Å². The van der Waals surface area contributed by atoms with Gasteiger partial charge in [0, 0.05) is 3.92 Å². The quantitative estimate of drug-likeness (QED) is 0.414. The monoisotopic (exact) mass is 240 g/mol. The molecular weight excluding hydrogens is 231 g/mol. The molecule has 0 aromatic rings. The van der Waals surface area contributed by atoms with Crippen LogP contribution >= 0.6 is 22.6 Å². The van der Waals surface area contributed by atoms with Crippen molar-refractivity contribution in [3.63, 3.8) is 0 Å². The molecule has 1 rings (SSSR count). The molecule has 0 spiro atoms. The maximum Gasteiger partial charge on any atom is 0.310 e. The van der Waals surface area contributed by atoms with Crippen LogP contribution in [0.5, 0.6) is 0 Å². The van der Waals surface area contributed by atoms with Gasteiger partial charge in [0.25, 0.3) is 0 Å². The van der Waals surface area contributed by atoms with Crippen molar-refractivity contribution < 1.29 is 9.53 Å². The highest BCUT2D eigenvalue weighted by Gasteiger charge is 2.42. The van der Waals surface area contributed by atoms with E-state index in [0.717, 1.165) is 6.42 Å². The molecule has 3 heteroatoms. The fourth-order valence-corrected chi connectivity index (χ4v) is 1.50. The largest absolute Gasteiger partial charge is 0.466 e. The Hall–Kier alpha value is 0.200. The van der Waals surface area contributed by atoms with Crippen molar-refractivity contribution in [3.8, 4) is 0 Å². The van der Waals surface area contributed by atoms with Crippen LogP contribution in [0, 0.1) is 5.92 Å². The van der Waals surface area contributed by atoms with E-state index in [1.165, 1.54) is 0 Å². The molecule has 1 fully saturated rings. The molecule has 0 aromatic heterocycles. The maximum atomic E-state index is 10.8. The van der Waals surface area contributed by atoms with E-state index in [-0.39, 0.29) is 11.9 Å². The molecule has 1 saturated carbocycles. The number of carbonyl (C=O) groups excluding carboxylic acids is 1. The van der Waals surface area contributed by atoms with Crippen LogP contribution in [-0.2, 0) is 9.53 Å². The third kappa shape index (κ3) is 1.81. The van der Waals surface area contributed by atoms with E-state index in [1.807, 2.05) is 6.92 Å². The Morgan fingerprint density at radius 2 is 2.44 bits per heavy atom. The van der Waals surface area contributed by atoms with E-state index < -0.39 is 0 Å². The van der Waals surface area contributed by atoms with Gasteiger partial charge < -0.3 is 4.74 Å². The first kappa shape index (κ1) is 7.31. The molecule has 2 nitrogen and oxygen atoms in total.